The number of hydrogen-bond acceptors (Lipinski definition) is 4. The second-order valence-electron chi connectivity index (χ2n) is 5.80. The summed E-state index contributed by atoms with van der Waals surface area (Å²) in [5, 5.41) is 0. The van der Waals surface area contributed by atoms with Gasteiger partial charge in [-0.15, -0.1) is 23.7 Å². The van der Waals surface area contributed by atoms with Gasteiger partial charge in [0.15, 0.2) is 0 Å². The van der Waals surface area contributed by atoms with E-state index >= 15 is 0 Å². The minimum atomic E-state index is 0. The highest BCUT2D eigenvalue weighted by atomic mass is 35.5. The summed E-state index contributed by atoms with van der Waals surface area (Å²) < 4.78 is 7.20. The summed E-state index contributed by atoms with van der Waals surface area (Å²) in [4.78, 5) is 14.2. The Labute approximate surface area is 164 Å². The van der Waals surface area contributed by atoms with Crippen LogP contribution in [-0.4, -0.2) is 43.2 Å². The van der Waals surface area contributed by atoms with Crippen molar-refractivity contribution in [3.63, 3.8) is 0 Å². The van der Waals surface area contributed by atoms with Crippen LogP contribution in [-0.2, 0) is 16.0 Å². The molecule has 1 aliphatic heterocycles. The third-order valence-corrected chi connectivity index (χ3v) is 5.63. The van der Waals surface area contributed by atoms with Gasteiger partial charge in [-0.3, -0.25) is 4.79 Å². The Morgan fingerprint density at radius 1 is 1.33 bits per heavy atom. The molecule has 1 saturated heterocycles. The van der Waals surface area contributed by atoms with Crippen molar-refractivity contribution in [1.82, 2.24) is 4.90 Å². The number of carbonyl (C=O) groups excluding carboxylic acids is 1. The van der Waals surface area contributed by atoms with Crippen molar-refractivity contribution in [3.8, 4) is 0 Å². The molecule has 0 aromatic carbocycles. The molecule has 1 aliphatic rings. The molecule has 2 rings (SSSR count). The standard InChI is InChI=1S/C16H24Cl2N2O2S.ClH/c17-14-11-12(16(18)23-14)3-1-4-15(21)20-8-5-13(6-9-20)22-10-2-7-19;/h11,13H,1-10,19H2;1H. The zero-order valence-corrected chi connectivity index (χ0v) is 16.8. The lowest BCUT2D eigenvalue weighted by atomic mass is 10.1. The van der Waals surface area contributed by atoms with E-state index in [1.54, 1.807) is 0 Å². The lowest BCUT2D eigenvalue weighted by molar-refractivity contribution is -0.133. The fourth-order valence-corrected chi connectivity index (χ4v) is 4.28. The number of rotatable bonds is 8. The smallest absolute Gasteiger partial charge is 0.222 e. The molecule has 0 bridgehead atoms. The normalized spacial score (nSPS) is 15.4. The number of carbonyl (C=O) groups is 1. The van der Waals surface area contributed by atoms with Gasteiger partial charge in [-0.2, -0.15) is 0 Å². The minimum Gasteiger partial charge on any atom is -0.378 e. The molecule has 1 fully saturated rings. The molecular weight excluding hydrogens is 391 g/mol. The molecule has 0 unspecified atom stereocenters. The second-order valence-corrected chi connectivity index (χ2v) is 8.08. The number of piperidine rings is 1. The highest BCUT2D eigenvalue weighted by molar-refractivity contribution is 7.20. The van der Waals surface area contributed by atoms with E-state index in [0.717, 1.165) is 61.7 Å². The van der Waals surface area contributed by atoms with Gasteiger partial charge in [0.05, 0.1) is 14.8 Å². The zero-order valence-electron chi connectivity index (χ0n) is 13.6. The number of ether oxygens (including phenoxy) is 1. The van der Waals surface area contributed by atoms with Gasteiger partial charge in [0, 0.05) is 26.1 Å². The van der Waals surface area contributed by atoms with Crippen LogP contribution in [0.1, 0.15) is 37.7 Å². The first kappa shape index (κ1) is 22.0. The zero-order chi connectivity index (χ0) is 16.7. The largest absolute Gasteiger partial charge is 0.378 e. The van der Waals surface area contributed by atoms with Crippen LogP contribution in [0.2, 0.25) is 8.67 Å². The number of nitrogens with zero attached hydrogens (tertiary/aromatic N) is 1. The number of thiophene rings is 1. The molecule has 138 valence electrons. The maximum atomic E-state index is 12.3. The van der Waals surface area contributed by atoms with Crippen LogP contribution in [0.25, 0.3) is 0 Å². The van der Waals surface area contributed by atoms with Crippen LogP contribution in [0.4, 0.5) is 0 Å². The molecule has 2 N–H and O–H groups in total. The summed E-state index contributed by atoms with van der Waals surface area (Å²) in [5.41, 5.74) is 6.50. The SMILES string of the molecule is Cl.NCCCOC1CCN(C(=O)CCCc2cc(Cl)sc2Cl)CC1. The van der Waals surface area contributed by atoms with E-state index in [1.165, 1.54) is 11.3 Å². The van der Waals surface area contributed by atoms with Gasteiger partial charge in [0.25, 0.3) is 0 Å². The Hall–Kier alpha value is -0.0400. The molecule has 0 radical (unpaired) electrons. The van der Waals surface area contributed by atoms with Crippen LogP contribution in [0.3, 0.4) is 0 Å². The summed E-state index contributed by atoms with van der Waals surface area (Å²) in [6, 6.07) is 1.89. The molecule has 1 aromatic heterocycles. The Morgan fingerprint density at radius 3 is 2.62 bits per heavy atom. The molecule has 0 spiro atoms. The van der Waals surface area contributed by atoms with Gasteiger partial charge < -0.3 is 15.4 Å². The van der Waals surface area contributed by atoms with Crippen LogP contribution < -0.4 is 5.73 Å². The predicted octanol–water partition coefficient (Wildman–Crippen LogP) is 4.16. The number of amides is 1. The Balaban J connectivity index is 0.00000288. The maximum Gasteiger partial charge on any atom is 0.222 e. The van der Waals surface area contributed by atoms with E-state index in [9.17, 15) is 4.79 Å². The molecule has 24 heavy (non-hydrogen) atoms. The minimum absolute atomic E-state index is 0. The van der Waals surface area contributed by atoms with Crippen LogP contribution in [0, 0.1) is 0 Å². The molecular formula is C16H25Cl3N2O2S. The topological polar surface area (TPSA) is 55.6 Å². The number of aryl methyl sites for hydroxylation is 1. The van der Waals surface area contributed by atoms with Gasteiger partial charge in [-0.25, -0.2) is 0 Å². The first-order valence-electron chi connectivity index (χ1n) is 8.13. The predicted molar refractivity (Wildman–Crippen MR) is 104 cm³/mol. The average molecular weight is 416 g/mol. The van der Waals surface area contributed by atoms with E-state index in [-0.39, 0.29) is 24.4 Å². The molecule has 0 atom stereocenters. The van der Waals surface area contributed by atoms with Gasteiger partial charge >= 0.3 is 0 Å². The van der Waals surface area contributed by atoms with E-state index in [1.807, 2.05) is 11.0 Å². The second kappa shape index (κ2) is 11.6. The molecule has 1 amide bonds. The maximum absolute atomic E-state index is 12.3. The Kier molecular flexibility index (Phi) is 10.6. The van der Waals surface area contributed by atoms with Gasteiger partial charge in [0.2, 0.25) is 5.91 Å². The van der Waals surface area contributed by atoms with Crippen molar-refractivity contribution in [2.45, 2.75) is 44.6 Å². The molecule has 8 heteroatoms. The van der Waals surface area contributed by atoms with E-state index in [2.05, 4.69) is 0 Å². The number of nitrogens with two attached hydrogens (primary N) is 1. The molecule has 0 aliphatic carbocycles. The van der Waals surface area contributed by atoms with Crippen molar-refractivity contribution < 1.29 is 9.53 Å². The van der Waals surface area contributed by atoms with E-state index < -0.39 is 0 Å². The van der Waals surface area contributed by atoms with Crippen molar-refractivity contribution in [1.29, 1.82) is 0 Å². The molecule has 0 saturated carbocycles. The first-order valence-corrected chi connectivity index (χ1v) is 9.70. The summed E-state index contributed by atoms with van der Waals surface area (Å²) in [6.45, 7) is 2.96. The van der Waals surface area contributed by atoms with Crippen molar-refractivity contribution in [2.75, 3.05) is 26.2 Å². The molecule has 1 aromatic rings. The Bertz CT molecular complexity index is 506. The van der Waals surface area contributed by atoms with Gasteiger partial charge in [-0.05, 0) is 50.3 Å². The first-order chi connectivity index (χ1) is 11.1. The summed E-state index contributed by atoms with van der Waals surface area (Å²) >= 11 is 13.4. The van der Waals surface area contributed by atoms with E-state index in [0.29, 0.717) is 17.3 Å². The van der Waals surface area contributed by atoms with E-state index in [4.69, 9.17) is 33.7 Å². The summed E-state index contributed by atoms with van der Waals surface area (Å²) in [6.07, 6.45) is 5.17. The lowest BCUT2D eigenvalue weighted by Gasteiger charge is -2.32. The number of halogens is 3. The van der Waals surface area contributed by atoms with Gasteiger partial charge in [0.1, 0.15) is 0 Å². The van der Waals surface area contributed by atoms with Crippen LogP contribution in [0.15, 0.2) is 6.07 Å². The third kappa shape index (κ3) is 7.06. The fraction of sp³-hybridized carbons (Fsp3) is 0.688. The monoisotopic (exact) mass is 414 g/mol. The average Bonchev–Trinajstić information content (AvgIpc) is 2.86. The third-order valence-electron chi connectivity index (χ3n) is 4.06. The molecule has 2 heterocycles. The molecule has 4 nitrogen and oxygen atoms in total. The van der Waals surface area contributed by atoms with Crippen LogP contribution >= 0.6 is 46.9 Å². The lowest BCUT2D eigenvalue weighted by Crippen LogP contribution is -2.41. The summed E-state index contributed by atoms with van der Waals surface area (Å²) in [7, 11) is 0. The quantitative estimate of drug-likeness (QED) is 0.649. The number of hydrogen-bond donors (Lipinski definition) is 1. The Morgan fingerprint density at radius 2 is 2.04 bits per heavy atom. The van der Waals surface area contributed by atoms with Crippen molar-refractivity contribution >= 4 is 52.9 Å². The summed E-state index contributed by atoms with van der Waals surface area (Å²) in [5.74, 6) is 0.225. The highest BCUT2D eigenvalue weighted by Crippen LogP contribution is 2.32. The van der Waals surface area contributed by atoms with Crippen molar-refractivity contribution in [2.24, 2.45) is 5.73 Å². The van der Waals surface area contributed by atoms with Crippen LogP contribution in [0.5, 0.6) is 0 Å². The fourth-order valence-electron chi connectivity index (χ4n) is 2.74. The van der Waals surface area contributed by atoms with Crippen molar-refractivity contribution in [3.05, 3.63) is 20.3 Å². The number of likely N-dealkylation sites (tertiary alicyclic amines) is 1. The van der Waals surface area contributed by atoms with Gasteiger partial charge in [-0.1, -0.05) is 23.2 Å². The highest BCUT2D eigenvalue weighted by Gasteiger charge is 2.22.